The molecule has 0 radical (unpaired) electrons. The molecule has 326 valence electrons. The predicted molar refractivity (Wildman–Crippen MR) is 295 cm³/mol. The highest BCUT2D eigenvalue weighted by molar-refractivity contribution is 6.18. The lowest BCUT2D eigenvalue weighted by molar-refractivity contribution is 0.660. The van der Waals surface area contributed by atoms with Crippen LogP contribution in [0.4, 0.5) is 17.1 Å². The summed E-state index contributed by atoms with van der Waals surface area (Å²) in [4.78, 5) is 2.43. The van der Waals surface area contributed by atoms with Crippen molar-refractivity contribution in [1.29, 1.82) is 0 Å². The van der Waals surface area contributed by atoms with Gasteiger partial charge in [0.2, 0.25) is 0 Å². The minimum Gasteiger partial charge on any atom is -0.310 e. The number of fused-ring (bicyclic) bond motifs is 6. The lowest BCUT2D eigenvalue weighted by Crippen LogP contribution is -2.16. The maximum atomic E-state index is 4.95. The van der Waals surface area contributed by atoms with Gasteiger partial charge in [-0.3, -0.25) is 0 Å². The number of benzene rings is 11. The monoisotopic (exact) mass is 879 g/mol. The Morgan fingerprint density at radius 2 is 0.971 bits per heavy atom. The summed E-state index contributed by atoms with van der Waals surface area (Å²) >= 11 is 0. The molecule has 13 rings (SSSR count). The zero-order valence-corrected chi connectivity index (χ0v) is 39.1. The molecule has 0 fully saturated rings. The third-order valence-corrected chi connectivity index (χ3v) is 15.2. The zero-order chi connectivity index (χ0) is 46.4. The van der Waals surface area contributed by atoms with Crippen LogP contribution in [0.3, 0.4) is 0 Å². The second-order valence-electron chi connectivity index (χ2n) is 19.4. The van der Waals surface area contributed by atoms with E-state index in [9.17, 15) is 0 Å². The molecule has 0 amide bonds. The van der Waals surface area contributed by atoms with Crippen molar-refractivity contribution in [2.75, 3.05) is 4.90 Å². The zero-order valence-electron chi connectivity index (χ0n) is 39.1. The molecule has 1 nitrogen and oxygen atoms in total. The van der Waals surface area contributed by atoms with Gasteiger partial charge in [0.15, 0.2) is 0 Å². The summed E-state index contributed by atoms with van der Waals surface area (Å²) in [5, 5.41) is 7.55. The third kappa shape index (κ3) is 6.53. The molecule has 2 aliphatic carbocycles. The van der Waals surface area contributed by atoms with E-state index in [4.69, 9.17) is 6.58 Å². The lowest BCUT2D eigenvalue weighted by atomic mass is 9.82. The molecular formula is C68H49N. The van der Waals surface area contributed by atoms with Gasteiger partial charge in [0, 0.05) is 22.5 Å². The highest BCUT2D eigenvalue weighted by Crippen LogP contribution is 2.52. The topological polar surface area (TPSA) is 3.24 Å². The first kappa shape index (κ1) is 40.7. The van der Waals surface area contributed by atoms with Gasteiger partial charge in [-0.2, -0.15) is 0 Å². The molecule has 0 aromatic heterocycles. The van der Waals surface area contributed by atoms with Gasteiger partial charge in [-0.25, -0.2) is 0 Å². The number of nitrogens with zero attached hydrogens (tertiary/aromatic N) is 1. The van der Waals surface area contributed by atoms with Crippen LogP contribution in [0, 0.1) is 0 Å². The van der Waals surface area contributed by atoms with Gasteiger partial charge in [-0.1, -0.05) is 202 Å². The van der Waals surface area contributed by atoms with E-state index in [0.29, 0.717) is 0 Å². The van der Waals surface area contributed by atoms with E-state index in [1.54, 1.807) is 0 Å². The molecule has 0 saturated heterocycles. The normalized spacial score (nSPS) is 13.3. The van der Waals surface area contributed by atoms with Crippen LogP contribution in [0.15, 0.2) is 237 Å². The molecule has 69 heavy (non-hydrogen) atoms. The quantitative estimate of drug-likeness (QED) is 0.137. The van der Waals surface area contributed by atoms with Crippen molar-refractivity contribution in [3.8, 4) is 33.4 Å². The first-order valence-electron chi connectivity index (χ1n) is 24.1. The standard InChI is InChI=1S/C68H49N/c1-43(50-30-29-48-28-27-47-17-8-9-22-57(47)63(48)40-50)62-41-52(33-37-60(62)66-44(2)56-24-13-18-49-19-14-25-61(66)67(49)56)51-20-12-21-54(39-51)69(53-34-31-46(32-35-53)45-15-6-5-7-16-45)55-36-38-59-58-23-10-11-26-64(58)68(3,4)65(59)42-55/h5-42H,1H2,2-4H3. The second-order valence-corrected chi connectivity index (χ2v) is 19.4. The predicted octanol–water partition coefficient (Wildman–Crippen LogP) is 18.6. The van der Waals surface area contributed by atoms with Crippen LogP contribution in [0.5, 0.6) is 0 Å². The van der Waals surface area contributed by atoms with Crippen molar-refractivity contribution in [3.63, 3.8) is 0 Å². The Kier molecular flexibility index (Phi) is 9.32. The summed E-state index contributed by atoms with van der Waals surface area (Å²) in [6.07, 6.45) is 0. The number of hydrogen-bond acceptors (Lipinski definition) is 1. The average molecular weight is 880 g/mol. The molecule has 11 aromatic carbocycles. The van der Waals surface area contributed by atoms with E-state index in [0.717, 1.165) is 44.9 Å². The number of allylic oxidation sites excluding steroid dienone is 1. The van der Waals surface area contributed by atoms with E-state index in [1.807, 2.05) is 0 Å². The molecule has 0 atom stereocenters. The van der Waals surface area contributed by atoms with Crippen molar-refractivity contribution in [2.24, 2.45) is 0 Å². The minimum atomic E-state index is -0.134. The molecule has 1 heteroatoms. The van der Waals surface area contributed by atoms with Gasteiger partial charge in [0.1, 0.15) is 0 Å². The molecule has 0 aliphatic heterocycles. The van der Waals surface area contributed by atoms with E-state index < -0.39 is 0 Å². The highest BCUT2D eigenvalue weighted by Gasteiger charge is 2.36. The van der Waals surface area contributed by atoms with Gasteiger partial charge in [-0.05, 0) is 177 Å². The Hall–Kier alpha value is -8.52. The Morgan fingerprint density at radius 1 is 0.391 bits per heavy atom. The summed E-state index contributed by atoms with van der Waals surface area (Å²) in [5.41, 5.74) is 22.8. The van der Waals surface area contributed by atoms with Crippen molar-refractivity contribution in [1.82, 2.24) is 0 Å². The molecule has 2 aliphatic rings. The van der Waals surface area contributed by atoms with Crippen LogP contribution in [-0.4, -0.2) is 0 Å². The summed E-state index contributed by atoms with van der Waals surface area (Å²) in [5.74, 6) is 0. The molecule has 11 aromatic rings. The Morgan fingerprint density at radius 3 is 1.81 bits per heavy atom. The van der Waals surface area contributed by atoms with Gasteiger partial charge < -0.3 is 4.90 Å². The van der Waals surface area contributed by atoms with E-state index in [2.05, 4.69) is 256 Å². The smallest absolute Gasteiger partial charge is 0.0467 e. The van der Waals surface area contributed by atoms with Crippen molar-refractivity contribution in [3.05, 3.63) is 276 Å². The second kappa shape index (κ2) is 15.8. The fourth-order valence-corrected chi connectivity index (χ4v) is 11.6. The largest absolute Gasteiger partial charge is 0.310 e. The van der Waals surface area contributed by atoms with E-state index in [-0.39, 0.29) is 5.41 Å². The molecule has 0 heterocycles. The Labute approximate surface area is 404 Å². The maximum Gasteiger partial charge on any atom is 0.0467 e. The Bertz CT molecular complexity index is 3940. The SMILES string of the molecule is C=C(c1ccc2ccc3ccccc3c2c1)c1cc(-c2cccc(N(c3ccc(-c4ccccc4)cc3)c3ccc4c(c3)C(C)(C)c3ccccc3-4)c2)ccc1C1=C(C)c2cccc3cccc1c23. The van der Waals surface area contributed by atoms with Crippen molar-refractivity contribution in [2.45, 2.75) is 26.2 Å². The summed E-state index contributed by atoms with van der Waals surface area (Å²) in [6.45, 7) is 12.0. The molecule has 0 unspecified atom stereocenters. The summed E-state index contributed by atoms with van der Waals surface area (Å²) < 4.78 is 0. The number of rotatable bonds is 8. The maximum absolute atomic E-state index is 4.95. The van der Waals surface area contributed by atoms with Crippen LogP contribution in [0.1, 0.15) is 59.7 Å². The van der Waals surface area contributed by atoms with E-state index >= 15 is 0 Å². The van der Waals surface area contributed by atoms with Crippen molar-refractivity contribution >= 4 is 66.1 Å². The minimum absolute atomic E-state index is 0.134. The van der Waals surface area contributed by atoms with Crippen LogP contribution in [0.25, 0.3) is 82.4 Å². The fourth-order valence-electron chi connectivity index (χ4n) is 11.6. The fraction of sp³-hybridized carbons (Fsp3) is 0.0588. The van der Waals surface area contributed by atoms with Crippen LogP contribution in [-0.2, 0) is 5.41 Å². The molecule has 0 N–H and O–H groups in total. The van der Waals surface area contributed by atoms with Crippen LogP contribution < -0.4 is 4.90 Å². The van der Waals surface area contributed by atoms with Crippen LogP contribution in [0.2, 0.25) is 0 Å². The highest BCUT2D eigenvalue weighted by atomic mass is 15.1. The summed E-state index contributed by atoms with van der Waals surface area (Å²) in [6, 6.07) is 85.2. The van der Waals surface area contributed by atoms with Crippen molar-refractivity contribution < 1.29 is 0 Å². The van der Waals surface area contributed by atoms with Gasteiger partial charge in [0.05, 0.1) is 0 Å². The molecular weight excluding hydrogens is 831 g/mol. The van der Waals surface area contributed by atoms with Crippen LogP contribution >= 0.6 is 0 Å². The lowest BCUT2D eigenvalue weighted by Gasteiger charge is -2.28. The molecule has 0 bridgehead atoms. The molecule has 0 saturated carbocycles. The van der Waals surface area contributed by atoms with Gasteiger partial charge in [0.25, 0.3) is 0 Å². The van der Waals surface area contributed by atoms with Gasteiger partial charge in [-0.15, -0.1) is 0 Å². The third-order valence-electron chi connectivity index (χ3n) is 15.2. The number of anilines is 3. The first-order chi connectivity index (χ1) is 33.8. The average Bonchev–Trinajstić information content (AvgIpc) is 3.82. The van der Waals surface area contributed by atoms with Gasteiger partial charge >= 0.3 is 0 Å². The molecule has 0 spiro atoms. The number of hydrogen-bond donors (Lipinski definition) is 0. The summed E-state index contributed by atoms with van der Waals surface area (Å²) in [7, 11) is 0. The first-order valence-corrected chi connectivity index (χ1v) is 24.1. The van der Waals surface area contributed by atoms with E-state index in [1.165, 1.54) is 93.5 Å². The Balaban J connectivity index is 0.971.